The minimum absolute atomic E-state index is 0.179. The topological polar surface area (TPSA) is 80.6 Å². The van der Waals surface area contributed by atoms with E-state index >= 15 is 0 Å². The molecule has 2 rings (SSSR count). The summed E-state index contributed by atoms with van der Waals surface area (Å²) in [6, 6.07) is 11.1. The maximum atomic E-state index is 11.7. The predicted octanol–water partition coefficient (Wildman–Crippen LogP) is 2.17. The van der Waals surface area contributed by atoms with Crippen LogP contribution in [-0.2, 0) is 20.9 Å². The third kappa shape index (κ3) is 5.96. The molecular formula is C17H20N2O4. The molecule has 2 aromatic rings. The summed E-state index contributed by atoms with van der Waals surface area (Å²) in [5.41, 5.74) is 1.81. The van der Waals surface area contributed by atoms with Crippen LogP contribution in [0.2, 0.25) is 0 Å². The Balaban J connectivity index is 1.62. The molecule has 1 heterocycles. The number of hydrogen-bond acceptors (Lipinski definition) is 4. The van der Waals surface area contributed by atoms with Crippen LogP contribution in [0, 0.1) is 13.8 Å². The fourth-order valence-corrected chi connectivity index (χ4v) is 1.89. The first-order chi connectivity index (χ1) is 11.0. The monoisotopic (exact) mass is 316 g/mol. The van der Waals surface area contributed by atoms with E-state index in [2.05, 4.69) is 10.6 Å². The molecule has 2 N–H and O–H groups in total. The van der Waals surface area contributed by atoms with Crippen molar-refractivity contribution in [2.24, 2.45) is 0 Å². The van der Waals surface area contributed by atoms with Gasteiger partial charge in [-0.1, -0.05) is 17.7 Å². The molecule has 0 fully saturated rings. The molecule has 0 atom stereocenters. The summed E-state index contributed by atoms with van der Waals surface area (Å²) in [6.07, 6.45) is 0. The number of aryl methyl sites for hydroxylation is 2. The van der Waals surface area contributed by atoms with Crippen LogP contribution in [0.3, 0.4) is 0 Å². The highest BCUT2D eigenvalue weighted by Gasteiger charge is 2.07. The highest BCUT2D eigenvalue weighted by molar-refractivity contribution is 5.91. The smallest absolute Gasteiger partial charge is 0.250 e. The predicted molar refractivity (Wildman–Crippen MR) is 85.9 cm³/mol. The number of carbonyl (C=O) groups excluding carboxylic acids is 2. The van der Waals surface area contributed by atoms with Crippen LogP contribution in [0.5, 0.6) is 0 Å². The first-order valence-electron chi connectivity index (χ1n) is 7.29. The summed E-state index contributed by atoms with van der Waals surface area (Å²) in [6.45, 7) is 3.74. The van der Waals surface area contributed by atoms with Gasteiger partial charge in [0.2, 0.25) is 11.8 Å². The molecule has 6 heteroatoms. The lowest BCUT2D eigenvalue weighted by Crippen LogP contribution is -2.29. The Bertz CT molecular complexity index is 661. The first-order valence-corrected chi connectivity index (χ1v) is 7.29. The van der Waals surface area contributed by atoms with E-state index in [1.54, 1.807) is 6.07 Å². The lowest BCUT2D eigenvalue weighted by Gasteiger charge is -2.07. The average molecular weight is 316 g/mol. The number of carbonyl (C=O) groups is 2. The van der Waals surface area contributed by atoms with Crippen molar-refractivity contribution >= 4 is 17.5 Å². The van der Waals surface area contributed by atoms with Crippen LogP contribution in [0.25, 0.3) is 0 Å². The number of nitrogens with one attached hydrogen (secondary N) is 2. The molecule has 1 aromatic heterocycles. The Morgan fingerprint density at radius 3 is 2.35 bits per heavy atom. The van der Waals surface area contributed by atoms with Crippen LogP contribution in [0.4, 0.5) is 5.69 Å². The quantitative estimate of drug-likeness (QED) is 0.820. The molecule has 0 radical (unpaired) electrons. The van der Waals surface area contributed by atoms with Crippen LogP contribution in [0.1, 0.15) is 17.1 Å². The molecule has 0 saturated heterocycles. The van der Waals surface area contributed by atoms with E-state index in [0.29, 0.717) is 18.0 Å². The van der Waals surface area contributed by atoms with Crippen LogP contribution >= 0.6 is 0 Å². The Hall–Kier alpha value is -2.60. The van der Waals surface area contributed by atoms with Gasteiger partial charge in [0, 0.05) is 5.69 Å². The van der Waals surface area contributed by atoms with Crippen LogP contribution in [0.15, 0.2) is 40.8 Å². The minimum atomic E-state index is -0.304. The fraction of sp³-hybridized carbons (Fsp3) is 0.294. The van der Waals surface area contributed by atoms with Gasteiger partial charge in [0.25, 0.3) is 0 Å². The van der Waals surface area contributed by atoms with Gasteiger partial charge in [-0.15, -0.1) is 0 Å². The zero-order chi connectivity index (χ0) is 16.7. The molecule has 0 aliphatic rings. The van der Waals surface area contributed by atoms with E-state index in [9.17, 15) is 9.59 Å². The summed E-state index contributed by atoms with van der Waals surface area (Å²) in [5.74, 6) is 0.858. The number of ether oxygens (including phenoxy) is 1. The van der Waals surface area contributed by atoms with Crippen molar-refractivity contribution in [2.75, 3.05) is 18.5 Å². The number of hydrogen-bond donors (Lipinski definition) is 2. The maximum absolute atomic E-state index is 11.7. The van der Waals surface area contributed by atoms with Crippen molar-refractivity contribution in [1.29, 1.82) is 0 Å². The molecule has 0 spiro atoms. The van der Waals surface area contributed by atoms with Gasteiger partial charge in [-0.2, -0.15) is 0 Å². The van der Waals surface area contributed by atoms with Gasteiger partial charge in [0.05, 0.1) is 6.54 Å². The van der Waals surface area contributed by atoms with Crippen LogP contribution < -0.4 is 10.6 Å². The summed E-state index contributed by atoms with van der Waals surface area (Å²) in [5, 5.41) is 5.35. The largest absolute Gasteiger partial charge is 0.465 e. The molecule has 0 aliphatic heterocycles. The summed E-state index contributed by atoms with van der Waals surface area (Å²) in [4.78, 5) is 23.3. The third-order valence-electron chi connectivity index (χ3n) is 3.06. The van der Waals surface area contributed by atoms with E-state index in [4.69, 9.17) is 9.15 Å². The molecule has 6 nitrogen and oxygen atoms in total. The molecular weight excluding hydrogens is 296 g/mol. The molecule has 0 aliphatic carbocycles. The Morgan fingerprint density at radius 2 is 1.70 bits per heavy atom. The van der Waals surface area contributed by atoms with Crippen molar-refractivity contribution in [3.8, 4) is 0 Å². The highest BCUT2D eigenvalue weighted by Crippen LogP contribution is 2.08. The summed E-state index contributed by atoms with van der Waals surface area (Å²) >= 11 is 0. The van der Waals surface area contributed by atoms with E-state index in [-0.39, 0.29) is 25.0 Å². The van der Waals surface area contributed by atoms with Crippen molar-refractivity contribution in [2.45, 2.75) is 20.4 Å². The normalized spacial score (nSPS) is 10.3. The number of anilines is 1. The number of amides is 2. The fourth-order valence-electron chi connectivity index (χ4n) is 1.89. The van der Waals surface area contributed by atoms with Gasteiger partial charge in [-0.05, 0) is 38.1 Å². The lowest BCUT2D eigenvalue weighted by molar-refractivity contribution is -0.128. The van der Waals surface area contributed by atoms with Gasteiger partial charge >= 0.3 is 0 Å². The number of furan rings is 1. The second kappa shape index (κ2) is 8.14. The SMILES string of the molecule is Cc1ccc(NC(=O)COCC(=O)NCc2ccc(C)o2)cc1. The van der Waals surface area contributed by atoms with E-state index < -0.39 is 0 Å². The second-order valence-electron chi connectivity index (χ2n) is 5.20. The summed E-state index contributed by atoms with van der Waals surface area (Å²) in [7, 11) is 0. The molecule has 122 valence electrons. The van der Waals surface area contributed by atoms with Crippen molar-refractivity contribution in [1.82, 2.24) is 5.32 Å². The van der Waals surface area contributed by atoms with Crippen molar-refractivity contribution in [3.63, 3.8) is 0 Å². The molecule has 23 heavy (non-hydrogen) atoms. The Morgan fingerprint density at radius 1 is 1.00 bits per heavy atom. The molecule has 2 amide bonds. The zero-order valence-corrected chi connectivity index (χ0v) is 13.2. The van der Waals surface area contributed by atoms with Crippen molar-refractivity contribution < 1.29 is 18.7 Å². The van der Waals surface area contributed by atoms with E-state index in [1.165, 1.54) is 0 Å². The lowest BCUT2D eigenvalue weighted by atomic mass is 10.2. The molecule has 0 unspecified atom stereocenters. The second-order valence-corrected chi connectivity index (χ2v) is 5.20. The third-order valence-corrected chi connectivity index (χ3v) is 3.06. The highest BCUT2D eigenvalue weighted by atomic mass is 16.5. The van der Waals surface area contributed by atoms with Gasteiger partial charge in [-0.3, -0.25) is 9.59 Å². The van der Waals surface area contributed by atoms with E-state index in [0.717, 1.165) is 11.3 Å². The first kappa shape index (κ1) is 16.8. The van der Waals surface area contributed by atoms with Crippen LogP contribution in [-0.4, -0.2) is 25.0 Å². The Kier molecular flexibility index (Phi) is 5.94. The standard InChI is InChI=1S/C17H20N2O4/c1-12-3-6-14(7-4-12)19-17(21)11-22-10-16(20)18-9-15-8-5-13(2)23-15/h3-8H,9-11H2,1-2H3,(H,18,20)(H,19,21). The average Bonchev–Trinajstić information content (AvgIpc) is 2.93. The molecule has 0 bridgehead atoms. The zero-order valence-electron chi connectivity index (χ0n) is 13.2. The Labute approximate surface area is 134 Å². The minimum Gasteiger partial charge on any atom is -0.465 e. The van der Waals surface area contributed by atoms with Crippen molar-refractivity contribution in [3.05, 3.63) is 53.5 Å². The summed E-state index contributed by atoms with van der Waals surface area (Å²) < 4.78 is 10.4. The van der Waals surface area contributed by atoms with Gasteiger partial charge < -0.3 is 19.8 Å². The van der Waals surface area contributed by atoms with Gasteiger partial charge in [0.15, 0.2) is 0 Å². The maximum Gasteiger partial charge on any atom is 0.250 e. The van der Waals surface area contributed by atoms with E-state index in [1.807, 2.05) is 44.2 Å². The van der Waals surface area contributed by atoms with Gasteiger partial charge in [0.1, 0.15) is 24.7 Å². The number of rotatable bonds is 7. The number of benzene rings is 1. The van der Waals surface area contributed by atoms with Gasteiger partial charge in [-0.25, -0.2) is 0 Å². The molecule has 0 saturated carbocycles. The molecule has 1 aromatic carbocycles.